The molecule has 1 aliphatic rings. The average Bonchev–Trinajstić information content (AvgIpc) is 3.15. The van der Waals surface area contributed by atoms with E-state index in [2.05, 4.69) is 29.7 Å². The van der Waals surface area contributed by atoms with Crippen LogP contribution in [-0.4, -0.2) is 55.7 Å². The molecule has 1 N–H and O–H groups in total. The van der Waals surface area contributed by atoms with Gasteiger partial charge >= 0.3 is 0 Å². The number of hydrogen-bond acceptors (Lipinski definition) is 9. The van der Waals surface area contributed by atoms with E-state index in [0.29, 0.717) is 34.4 Å². The number of para-hydroxylation sites is 1. The molecular formula is C19H25N7O3S. The molecule has 11 heteroatoms. The summed E-state index contributed by atoms with van der Waals surface area (Å²) in [6, 6.07) is 7.17. The molecule has 0 aliphatic carbocycles. The Morgan fingerprint density at radius 1 is 1.10 bits per heavy atom. The quantitative estimate of drug-likeness (QED) is 0.596. The van der Waals surface area contributed by atoms with Gasteiger partial charge in [-0.2, -0.15) is 15.0 Å². The number of nitrogens with zero attached hydrogens (tertiary/aromatic N) is 6. The molecule has 0 unspecified atom stereocenters. The second kappa shape index (κ2) is 8.52. The largest absolute Gasteiger partial charge is 0.356 e. The summed E-state index contributed by atoms with van der Waals surface area (Å²) < 4.78 is 33.0. The third-order valence-corrected chi connectivity index (χ3v) is 6.16. The highest BCUT2D eigenvalue weighted by atomic mass is 32.2. The van der Waals surface area contributed by atoms with Crippen molar-refractivity contribution in [2.75, 3.05) is 37.0 Å². The molecule has 0 atom stereocenters. The Labute approximate surface area is 175 Å². The van der Waals surface area contributed by atoms with Gasteiger partial charge in [-0.3, -0.25) is 0 Å². The third-order valence-electron chi connectivity index (χ3n) is 4.93. The van der Waals surface area contributed by atoms with Crippen molar-refractivity contribution < 1.29 is 12.9 Å². The number of aromatic nitrogens is 4. The van der Waals surface area contributed by atoms with E-state index in [-0.39, 0.29) is 12.3 Å². The van der Waals surface area contributed by atoms with Gasteiger partial charge in [0.15, 0.2) is 11.4 Å². The van der Waals surface area contributed by atoms with Gasteiger partial charge in [-0.1, -0.05) is 17.3 Å². The van der Waals surface area contributed by atoms with Crippen LogP contribution < -0.4 is 14.5 Å². The van der Waals surface area contributed by atoms with Crippen molar-refractivity contribution in [3.8, 4) is 0 Å². The summed E-state index contributed by atoms with van der Waals surface area (Å²) in [5, 5.41) is 4.58. The molecule has 3 heterocycles. The zero-order valence-electron chi connectivity index (χ0n) is 17.1. The van der Waals surface area contributed by atoms with E-state index in [1.165, 1.54) is 6.42 Å². The highest BCUT2D eigenvalue weighted by Gasteiger charge is 2.20. The van der Waals surface area contributed by atoms with Crippen LogP contribution in [0.4, 0.5) is 11.9 Å². The lowest BCUT2D eigenvalue weighted by Crippen LogP contribution is -2.33. The number of rotatable bonds is 7. The molecule has 160 valence electrons. The van der Waals surface area contributed by atoms with Gasteiger partial charge in [0.2, 0.25) is 21.9 Å². The maximum absolute atomic E-state index is 12.6. The summed E-state index contributed by atoms with van der Waals surface area (Å²) in [6.45, 7) is 1.75. The lowest BCUT2D eigenvalue weighted by molar-refractivity contribution is 0.448. The van der Waals surface area contributed by atoms with Gasteiger partial charge < -0.3 is 14.3 Å². The van der Waals surface area contributed by atoms with Crippen molar-refractivity contribution in [2.24, 2.45) is 0 Å². The zero-order valence-corrected chi connectivity index (χ0v) is 17.9. The van der Waals surface area contributed by atoms with Crippen LogP contribution in [0.2, 0.25) is 0 Å². The molecule has 1 aliphatic heterocycles. The number of sulfonamides is 1. The first-order chi connectivity index (χ1) is 14.4. The summed E-state index contributed by atoms with van der Waals surface area (Å²) in [4.78, 5) is 17.3. The van der Waals surface area contributed by atoms with E-state index in [4.69, 9.17) is 4.52 Å². The van der Waals surface area contributed by atoms with Crippen LogP contribution >= 0.6 is 0 Å². The van der Waals surface area contributed by atoms with Gasteiger partial charge in [0.25, 0.3) is 0 Å². The molecule has 0 saturated carbocycles. The van der Waals surface area contributed by atoms with E-state index in [0.717, 1.165) is 25.9 Å². The summed E-state index contributed by atoms with van der Waals surface area (Å²) in [5.74, 6) is 1.18. The molecular weight excluding hydrogens is 406 g/mol. The highest BCUT2D eigenvalue weighted by Crippen LogP contribution is 2.20. The monoisotopic (exact) mass is 431 g/mol. The predicted octanol–water partition coefficient (Wildman–Crippen LogP) is 1.69. The molecule has 2 aromatic heterocycles. The molecule has 3 aromatic rings. The van der Waals surface area contributed by atoms with Crippen LogP contribution in [0.3, 0.4) is 0 Å². The van der Waals surface area contributed by atoms with Crippen molar-refractivity contribution in [1.29, 1.82) is 0 Å². The topological polar surface area (TPSA) is 117 Å². The fraction of sp³-hybridized carbons (Fsp3) is 0.474. The predicted molar refractivity (Wildman–Crippen MR) is 114 cm³/mol. The van der Waals surface area contributed by atoms with Crippen LogP contribution in [0.1, 0.15) is 30.8 Å². The minimum absolute atomic E-state index is 0.0255. The summed E-state index contributed by atoms with van der Waals surface area (Å²) >= 11 is 0. The Morgan fingerprint density at radius 2 is 1.87 bits per heavy atom. The molecule has 1 fully saturated rings. The SMILES string of the molecule is CN(C)c1nc(CNS(=O)(=O)Cc2noc3ccccc23)nc(N2CCCCC2)n1. The van der Waals surface area contributed by atoms with Crippen LogP contribution in [0, 0.1) is 0 Å². The van der Waals surface area contributed by atoms with E-state index in [1.807, 2.05) is 26.2 Å². The van der Waals surface area contributed by atoms with Crippen molar-refractivity contribution in [1.82, 2.24) is 24.8 Å². The van der Waals surface area contributed by atoms with Crippen molar-refractivity contribution in [3.05, 3.63) is 35.8 Å². The first-order valence-corrected chi connectivity index (χ1v) is 11.5. The molecule has 0 spiro atoms. The first kappa shape index (κ1) is 20.5. The number of hydrogen-bond donors (Lipinski definition) is 1. The Balaban J connectivity index is 1.51. The minimum Gasteiger partial charge on any atom is -0.356 e. The number of fused-ring (bicyclic) bond motifs is 1. The molecule has 10 nitrogen and oxygen atoms in total. The normalized spacial score (nSPS) is 14.9. The molecule has 1 aromatic carbocycles. The Bertz CT molecular complexity index is 1120. The Morgan fingerprint density at radius 3 is 2.63 bits per heavy atom. The molecule has 0 bridgehead atoms. The minimum atomic E-state index is -3.67. The van der Waals surface area contributed by atoms with Crippen molar-refractivity contribution in [2.45, 2.75) is 31.6 Å². The number of nitrogens with one attached hydrogen (secondary N) is 1. The molecule has 4 rings (SSSR count). The smallest absolute Gasteiger partial charge is 0.230 e. The molecule has 1 saturated heterocycles. The number of anilines is 2. The fourth-order valence-corrected chi connectivity index (χ4v) is 4.38. The van der Waals surface area contributed by atoms with E-state index < -0.39 is 10.0 Å². The molecule has 0 amide bonds. The second-order valence-electron chi connectivity index (χ2n) is 7.50. The van der Waals surface area contributed by atoms with Gasteiger partial charge in [0, 0.05) is 32.6 Å². The van der Waals surface area contributed by atoms with E-state index >= 15 is 0 Å². The van der Waals surface area contributed by atoms with Gasteiger partial charge in [0.05, 0.1) is 6.54 Å². The van der Waals surface area contributed by atoms with Gasteiger partial charge in [-0.05, 0) is 31.4 Å². The lowest BCUT2D eigenvalue weighted by Gasteiger charge is -2.27. The summed E-state index contributed by atoms with van der Waals surface area (Å²) in [5.41, 5.74) is 0.929. The first-order valence-electron chi connectivity index (χ1n) is 9.89. The van der Waals surface area contributed by atoms with Gasteiger partial charge in [-0.25, -0.2) is 13.1 Å². The highest BCUT2D eigenvalue weighted by molar-refractivity contribution is 7.88. The average molecular weight is 432 g/mol. The molecule has 30 heavy (non-hydrogen) atoms. The van der Waals surface area contributed by atoms with Crippen LogP contribution in [-0.2, 0) is 22.3 Å². The second-order valence-corrected chi connectivity index (χ2v) is 9.31. The summed E-state index contributed by atoms with van der Waals surface area (Å²) in [7, 11) is 0.0272. The maximum Gasteiger partial charge on any atom is 0.230 e. The fourth-order valence-electron chi connectivity index (χ4n) is 3.36. The molecule has 0 radical (unpaired) electrons. The van der Waals surface area contributed by atoms with Crippen LogP contribution in [0.15, 0.2) is 28.8 Å². The van der Waals surface area contributed by atoms with E-state index in [1.54, 1.807) is 17.0 Å². The number of piperidine rings is 1. The van der Waals surface area contributed by atoms with Gasteiger partial charge in [0.1, 0.15) is 11.4 Å². The summed E-state index contributed by atoms with van der Waals surface area (Å²) in [6.07, 6.45) is 3.39. The van der Waals surface area contributed by atoms with Crippen LogP contribution in [0.25, 0.3) is 11.0 Å². The Kier molecular flexibility index (Phi) is 5.82. The van der Waals surface area contributed by atoms with Gasteiger partial charge in [-0.15, -0.1) is 0 Å². The standard InChI is InChI=1S/C19H25N7O3S/c1-25(2)18-21-17(22-19(23-18)26-10-6-3-7-11-26)12-20-30(27,28)13-15-14-8-4-5-9-16(14)29-24-15/h4-5,8-9,20H,3,6-7,10-13H2,1-2H3. The van der Waals surface area contributed by atoms with Crippen LogP contribution in [0.5, 0.6) is 0 Å². The van der Waals surface area contributed by atoms with Crippen molar-refractivity contribution >= 4 is 32.9 Å². The van der Waals surface area contributed by atoms with Crippen molar-refractivity contribution in [3.63, 3.8) is 0 Å². The third kappa shape index (κ3) is 4.68. The zero-order chi connectivity index (χ0) is 21.1. The lowest BCUT2D eigenvalue weighted by atomic mass is 10.1. The number of benzene rings is 1. The van der Waals surface area contributed by atoms with E-state index in [9.17, 15) is 8.42 Å². The Hall–Kier alpha value is -2.79. The maximum atomic E-state index is 12.6.